The SMILES string of the molecule is Cc1noc2nc(C(C)C)cc(C(=O)N3CCCC(N(C)CC(=O)O)CC3)c12. The maximum Gasteiger partial charge on any atom is 0.317 e. The molecule has 1 aliphatic rings. The molecular formula is C20H28N4O4. The molecule has 8 heteroatoms. The van der Waals surface area contributed by atoms with Gasteiger partial charge in [0.25, 0.3) is 11.6 Å². The molecule has 0 aromatic carbocycles. The van der Waals surface area contributed by atoms with E-state index in [0.29, 0.717) is 35.4 Å². The van der Waals surface area contributed by atoms with Crippen molar-refractivity contribution in [1.29, 1.82) is 0 Å². The third kappa shape index (κ3) is 4.16. The highest BCUT2D eigenvalue weighted by Gasteiger charge is 2.27. The number of carboxylic acids is 1. The lowest BCUT2D eigenvalue weighted by Crippen LogP contribution is -2.37. The number of hydrogen-bond donors (Lipinski definition) is 1. The Labute approximate surface area is 164 Å². The van der Waals surface area contributed by atoms with Crippen molar-refractivity contribution in [2.45, 2.75) is 52.0 Å². The molecule has 0 saturated carbocycles. The van der Waals surface area contributed by atoms with E-state index in [-0.39, 0.29) is 24.4 Å². The van der Waals surface area contributed by atoms with Crippen LogP contribution in [0.2, 0.25) is 0 Å². The van der Waals surface area contributed by atoms with Crippen LogP contribution in [0.1, 0.15) is 60.8 Å². The Morgan fingerprint density at radius 1 is 1.36 bits per heavy atom. The van der Waals surface area contributed by atoms with Gasteiger partial charge < -0.3 is 14.5 Å². The molecule has 0 aliphatic carbocycles. The molecule has 3 rings (SSSR count). The highest BCUT2D eigenvalue weighted by atomic mass is 16.5. The van der Waals surface area contributed by atoms with Crippen LogP contribution in [-0.4, -0.2) is 69.6 Å². The van der Waals surface area contributed by atoms with Crippen molar-refractivity contribution >= 4 is 23.0 Å². The molecule has 8 nitrogen and oxygen atoms in total. The molecule has 1 saturated heterocycles. The summed E-state index contributed by atoms with van der Waals surface area (Å²) in [5.74, 6) is -0.704. The van der Waals surface area contributed by atoms with E-state index in [1.807, 2.05) is 43.7 Å². The van der Waals surface area contributed by atoms with Crippen LogP contribution in [0, 0.1) is 6.92 Å². The number of carbonyl (C=O) groups excluding carboxylic acids is 1. The van der Waals surface area contributed by atoms with E-state index in [4.69, 9.17) is 9.63 Å². The lowest BCUT2D eigenvalue weighted by Gasteiger charge is -2.25. The number of likely N-dealkylation sites (N-methyl/N-ethyl adjacent to an activating group) is 1. The van der Waals surface area contributed by atoms with Gasteiger partial charge >= 0.3 is 5.97 Å². The van der Waals surface area contributed by atoms with Gasteiger partial charge in [0, 0.05) is 24.8 Å². The summed E-state index contributed by atoms with van der Waals surface area (Å²) in [5, 5.41) is 13.7. The van der Waals surface area contributed by atoms with Gasteiger partial charge in [-0.2, -0.15) is 0 Å². The average molecular weight is 388 g/mol. The van der Waals surface area contributed by atoms with Gasteiger partial charge in [-0.15, -0.1) is 0 Å². The molecule has 152 valence electrons. The minimum absolute atomic E-state index is 0.0151. The van der Waals surface area contributed by atoms with Gasteiger partial charge in [-0.1, -0.05) is 19.0 Å². The lowest BCUT2D eigenvalue weighted by molar-refractivity contribution is -0.138. The van der Waals surface area contributed by atoms with Crippen LogP contribution >= 0.6 is 0 Å². The summed E-state index contributed by atoms with van der Waals surface area (Å²) in [7, 11) is 1.83. The zero-order valence-corrected chi connectivity index (χ0v) is 16.9. The van der Waals surface area contributed by atoms with E-state index in [2.05, 4.69) is 10.1 Å². The number of likely N-dealkylation sites (tertiary alicyclic amines) is 1. The standard InChI is InChI=1S/C20H28N4O4/c1-12(2)16-10-15(18-13(3)22-28-19(18)21-16)20(27)24-8-5-6-14(7-9-24)23(4)11-17(25)26/h10,12,14H,5-9,11H2,1-4H3,(H,25,26). The molecule has 1 amide bonds. The van der Waals surface area contributed by atoms with E-state index in [1.54, 1.807) is 0 Å². The molecule has 1 N–H and O–H groups in total. The first kappa shape index (κ1) is 20.3. The van der Waals surface area contributed by atoms with Crippen LogP contribution in [0.4, 0.5) is 0 Å². The van der Waals surface area contributed by atoms with Gasteiger partial charge in [0.2, 0.25) is 0 Å². The largest absolute Gasteiger partial charge is 0.480 e. The molecule has 0 spiro atoms. The molecule has 2 aromatic heterocycles. The van der Waals surface area contributed by atoms with Gasteiger partial charge in [0.15, 0.2) is 0 Å². The Kier molecular flexibility index (Phi) is 5.98. The Hall–Kier alpha value is -2.48. The fraction of sp³-hybridized carbons (Fsp3) is 0.600. The Morgan fingerprint density at radius 3 is 2.79 bits per heavy atom. The maximum absolute atomic E-state index is 13.4. The lowest BCUT2D eigenvalue weighted by atomic mass is 10.0. The molecule has 1 unspecified atom stereocenters. The van der Waals surface area contributed by atoms with Crippen molar-refractivity contribution in [1.82, 2.24) is 19.9 Å². The predicted molar refractivity (Wildman–Crippen MR) is 104 cm³/mol. The van der Waals surface area contributed by atoms with Crippen molar-refractivity contribution in [3.63, 3.8) is 0 Å². The van der Waals surface area contributed by atoms with Gasteiger partial charge in [0.05, 0.1) is 23.2 Å². The summed E-state index contributed by atoms with van der Waals surface area (Å²) < 4.78 is 5.33. The maximum atomic E-state index is 13.4. The number of hydrogen-bond acceptors (Lipinski definition) is 6. The minimum atomic E-state index is -0.831. The average Bonchev–Trinajstić information content (AvgIpc) is 2.86. The van der Waals surface area contributed by atoms with Crippen LogP contribution < -0.4 is 0 Å². The van der Waals surface area contributed by atoms with Gasteiger partial charge in [-0.3, -0.25) is 14.5 Å². The number of carboxylic acid groups (broad SMARTS) is 1. The predicted octanol–water partition coefficient (Wildman–Crippen LogP) is 2.67. The quantitative estimate of drug-likeness (QED) is 0.840. The Morgan fingerprint density at radius 2 is 2.11 bits per heavy atom. The van der Waals surface area contributed by atoms with Gasteiger partial charge in [-0.05, 0) is 45.2 Å². The van der Waals surface area contributed by atoms with E-state index >= 15 is 0 Å². The number of carbonyl (C=O) groups is 2. The van der Waals surface area contributed by atoms with Crippen molar-refractivity contribution < 1.29 is 19.2 Å². The second-order valence-corrected chi connectivity index (χ2v) is 7.88. The molecule has 3 heterocycles. The summed E-state index contributed by atoms with van der Waals surface area (Å²) >= 11 is 0. The first-order chi connectivity index (χ1) is 13.3. The van der Waals surface area contributed by atoms with Crippen molar-refractivity contribution in [2.24, 2.45) is 0 Å². The zero-order valence-electron chi connectivity index (χ0n) is 16.9. The Bertz CT molecular complexity index is 876. The number of aromatic nitrogens is 2. The van der Waals surface area contributed by atoms with Crippen molar-refractivity contribution in [3.8, 4) is 0 Å². The smallest absolute Gasteiger partial charge is 0.317 e. The number of aliphatic carboxylic acids is 1. The number of aryl methyl sites for hydroxylation is 1. The van der Waals surface area contributed by atoms with Crippen LogP contribution in [0.15, 0.2) is 10.6 Å². The van der Waals surface area contributed by atoms with Crippen LogP contribution in [0.3, 0.4) is 0 Å². The molecule has 1 atom stereocenters. The van der Waals surface area contributed by atoms with E-state index in [9.17, 15) is 9.59 Å². The number of rotatable bonds is 5. The van der Waals surface area contributed by atoms with Crippen molar-refractivity contribution in [2.75, 3.05) is 26.7 Å². The first-order valence-electron chi connectivity index (χ1n) is 9.76. The molecule has 0 bridgehead atoms. The Balaban J connectivity index is 1.84. The number of nitrogens with zero attached hydrogens (tertiary/aromatic N) is 4. The fourth-order valence-electron chi connectivity index (χ4n) is 3.81. The third-order valence-corrected chi connectivity index (χ3v) is 5.45. The summed E-state index contributed by atoms with van der Waals surface area (Å²) in [4.78, 5) is 32.6. The second-order valence-electron chi connectivity index (χ2n) is 7.88. The second kappa shape index (κ2) is 8.26. The van der Waals surface area contributed by atoms with Gasteiger partial charge in [0.1, 0.15) is 0 Å². The normalized spacial score (nSPS) is 18.1. The molecule has 1 fully saturated rings. The minimum Gasteiger partial charge on any atom is -0.480 e. The molecular weight excluding hydrogens is 360 g/mol. The number of pyridine rings is 1. The molecule has 0 radical (unpaired) electrons. The van der Waals surface area contributed by atoms with Crippen LogP contribution in [-0.2, 0) is 4.79 Å². The van der Waals surface area contributed by atoms with E-state index in [0.717, 1.165) is 25.0 Å². The molecule has 2 aromatic rings. The topological polar surface area (TPSA) is 99.8 Å². The zero-order chi connectivity index (χ0) is 20.4. The highest BCUT2D eigenvalue weighted by Crippen LogP contribution is 2.27. The van der Waals surface area contributed by atoms with Gasteiger partial charge in [-0.25, -0.2) is 4.98 Å². The number of amides is 1. The van der Waals surface area contributed by atoms with Crippen LogP contribution in [0.25, 0.3) is 11.1 Å². The number of fused-ring (bicyclic) bond motifs is 1. The monoisotopic (exact) mass is 388 g/mol. The van der Waals surface area contributed by atoms with Crippen LogP contribution in [0.5, 0.6) is 0 Å². The summed E-state index contributed by atoms with van der Waals surface area (Å²) in [6, 6.07) is 2.02. The van der Waals surface area contributed by atoms with E-state index < -0.39 is 5.97 Å². The first-order valence-corrected chi connectivity index (χ1v) is 9.76. The van der Waals surface area contributed by atoms with E-state index in [1.165, 1.54) is 0 Å². The molecule has 28 heavy (non-hydrogen) atoms. The summed E-state index contributed by atoms with van der Waals surface area (Å²) in [6.07, 6.45) is 2.47. The van der Waals surface area contributed by atoms with Crippen molar-refractivity contribution in [3.05, 3.63) is 23.0 Å². The summed E-state index contributed by atoms with van der Waals surface area (Å²) in [5.41, 5.74) is 2.46. The fourth-order valence-corrected chi connectivity index (χ4v) is 3.81. The third-order valence-electron chi connectivity index (χ3n) is 5.45. The molecule has 1 aliphatic heterocycles. The summed E-state index contributed by atoms with van der Waals surface area (Å²) in [6.45, 7) is 7.14. The highest BCUT2D eigenvalue weighted by molar-refractivity contribution is 6.06.